The number of carbonyl (C=O) groups is 1. The van der Waals surface area contributed by atoms with Gasteiger partial charge in [-0.25, -0.2) is 4.68 Å². The lowest BCUT2D eigenvalue weighted by Gasteiger charge is -2.20. The van der Waals surface area contributed by atoms with E-state index in [2.05, 4.69) is 5.10 Å². The van der Waals surface area contributed by atoms with Gasteiger partial charge in [0.25, 0.3) is 5.91 Å². The molecule has 2 N–H and O–H groups in total. The van der Waals surface area contributed by atoms with Crippen LogP contribution < -0.4 is 0 Å². The molecule has 0 saturated heterocycles. The summed E-state index contributed by atoms with van der Waals surface area (Å²) in [4.78, 5) is 13.9. The summed E-state index contributed by atoms with van der Waals surface area (Å²) in [5, 5.41) is 22.3. The minimum atomic E-state index is -0.238. The summed E-state index contributed by atoms with van der Waals surface area (Å²) in [5.74, 6) is -0.238. The van der Waals surface area contributed by atoms with E-state index < -0.39 is 0 Å². The van der Waals surface area contributed by atoms with Crippen molar-refractivity contribution in [2.75, 3.05) is 26.3 Å². The Bertz CT molecular complexity index is 589. The Morgan fingerprint density at radius 1 is 1.19 bits per heavy atom. The van der Waals surface area contributed by atoms with Crippen molar-refractivity contribution in [3.8, 4) is 5.69 Å². The van der Waals surface area contributed by atoms with Crippen molar-refractivity contribution in [1.29, 1.82) is 0 Å². The average molecular weight is 289 g/mol. The molecule has 0 saturated carbocycles. The fourth-order valence-electron chi connectivity index (χ4n) is 2.18. The van der Waals surface area contributed by atoms with E-state index in [1.165, 1.54) is 11.1 Å². The molecule has 21 heavy (non-hydrogen) atoms. The molecule has 0 fully saturated rings. The van der Waals surface area contributed by atoms with Crippen LogP contribution in [-0.2, 0) is 0 Å². The molecule has 6 nitrogen and oxygen atoms in total. The molecular weight excluding hydrogens is 270 g/mol. The van der Waals surface area contributed by atoms with Crippen LogP contribution in [0.3, 0.4) is 0 Å². The highest BCUT2D eigenvalue weighted by atomic mass is 16.3. The molecule has 1 aromatic heterocycles. The monoisotopic (exact) mass is 289 g/mol. The van der Waals surface area contributed by atoms with Gasteiger partial charge in [-0.15, -0.1) is 0 Å². The van der Waals surface area contributed by atoms with E-state index in [0.29, 0.717) is 5.56 Å². The lowest BCUT2D eigenvalue weighted by atomic mass is 10.2. The molecule has 0 aliphatic heterocycles. The lowest BCUT2D eigenvalue weighted by molar-refractivity contribution is 0.0684. The molecule has 2 rings (SSSR count). The Hall–Kier alpha value is -2.18. The molecule has 1 amide bonds. The Labute approximate surface area is 123 Å². The van der Waals surface area contributed by atoms with Crippen molar-refractivity contribution in [3.05, 3.63) is 47.8 Å². The lowest BCUT2D eigenvalue weighted by Crippen LogP contribution is -2.36. The van der Waals surface area contributed by atoms with Gasteiger partial charge in [-0.05, 0) is 19.1 Å². The maximum absolute atomic E-state index is 12.4. The summed E-state index contributed by atoms with van der Waals surface area (Å²) in [7, 11) is 0. The smallest absolute Gasteiger partial charge is 0.257 e. The highest BCUT2D eigenvalue weighted by molar-refractivity contribution is 5.95. The number of nitrogens with zero attached hydrogens (tertiary/aromatic N) is 3. The Balaban J connectivity index is 2.29. The third kappa shape index (κ3) is 3.29. The number of aromatic nitrogens is 2. The van der Waals surface area contributed by atoms with E-state index in [9.17, 15) is 4.79 Å². The van der Waals surface area contributed by atoms with Crippen molar-refractivity contribution in [2.45, 2.75) is 6.92 Å². The zero-order valence-corrected chi connectivity index (χ0v) is 11.9. The summed E-state index contributed by atoms with van der Waals surface area (Å²) in [6, 6.07) is 9.54. The molecule has 1 heterocycles. The quantitative estimate of drug-likeness (QED) is 0.816. The summed E-state index contributed by atoms with van der Waals surface area (Å²) in [6.07, 6.45) is 1.52. The van der Waals surface area contributed by atoms with Gasteiger partial charge < -0.3 is 15.1 Å². The first-order valence-electron chi connectivity index (χ1n) is 6.80. The molecule has 0 bridgehead atoms. The van der Waals surface area contributed by atoms with Crippen LogP contribution in [0.5, 0.6) is 0 Å². The first kappa shape index (κ1) is 15.2. The van der Waals surface area contributed by atoms with Crippen LogP contribution in [-0.4, -0.2) is 57.1 Å². The largest absolute Gasteiger partial charge is 0.395 e. The van der Waals surface area contributed by atoms with Gasteiger partial charge in [-0.3, -0.25) is 4.79 Å². The molecular formula is C15H19N3O3. The highest BCUT2D eigenvalue weighted by Crippen LogP contribution is 2.15. The van der Waals surface area contributed by atoms with Crippen LogP contribution >= 0.6 is 0 Å². The zero-order valence-electron chi connectivity index (χ0n) is 11.9. The molecule has 1 aromatic carbocycles. The second kappa shape index (κ2) is 7.01. The first-order valence-corrected chi connectivity index (χ1v) is 6.80. The van der Waals surface area contributed by atoms with Gasteiger partial charge >= 0.3 is 0 Å². The summed E-state index contributed by atoms with van der Waals surface area (Å²) < 4.78 is 1.70. The number of amides is 1. The predicted octanol–water partition coefficient (Wildman–Crippen LogP) is 0.608. The first-order chi connectivity index (χ1) is 10.2. The van der Waals surface area contributed by atoms with Crippen LogP contribution in [0.1, 0.15) is 16.1 Å². The summed E-state index contributed by atoms with van der Waals surface area (Å²) in [6.45, 7) is 1.92. The van der Waals surface area contributed by atoms with Crippen molar-refractivity contribution in [2.24, 2.45) is 0 Å². The van der Waals surface area contributed by atoms with Crippen LogP contribution in [0.2, 0.25) is 0 Å². The number of hydrogen-bond donors (Lipinski definition) is 2. The van der Waals surface area contributed by atoms with Gasteiger partial charge in [0.2, 0.25) is 0 Å². The van der Waals surface area contributed by atoms with Crippen LogP contribution in [0.4, 0.5) is 0 Å². The molecule has 0 atom stereocenters. The number of rotatable bonds is 6. The number of para-hydroxylation sites is 1. The van der Waals surface area contributed by atoms with Crippen molar-refractivity contribution < 1.29 is 15.0 Å². The Morgan fingerprint density at radius 3 is 2.38 bits per heavy atom. The topological polar surface area (TPSA) is 78.6 Å². The van der Waals surface area contributed by atoms with Crippen LogP contribution in [0.25, 0.3) is 5.69 Å². The van der Waals surface area contributed by atoms with E-state index in [4.69, 9.17) is 10.2 Å². The number of carbonyl (C=O) groups excluding carboxylic acids is 1. The fraction of sp³-hybridized carbons (Fsp3) is 0.333. The summed E-state index contributed by atoms with van der Waals surface area (Å²) >= 11 is 0. The zero-order chi connectivity index (χ0) is 15.2. The van der Waals surface area contributed by atoms with Gasteiger partial charge in [-0.2, -0.15) is 5.10 Å². The molecule has 0 aliphatic rings. The maximum Gasteiger partial charge on any atom is 0.257 e. The van der Waals surface area contributed by atoms with Crippen molar-refractivity contribution >= 4 is 5.91 Å². The van der Waals surface area contributed by atoms with Crippen molar-refractivity contribution in [1.82, 2.24) is 14.7 Å². The normalized spacial score (nSPS) is 10.6. The minimum Gasteiger partial charge on any atom is -0.395 e. The third-order valence-corrected chi connectivity index (χ3v) is 3.27. The summed E-state index contributed by atoms with van der Waals surface area (Å²) in [5.41, 5.74) is 2.08. The highest BCUT2D eigenvalue weighted by Gasteiger charge is 2.20. The van der Waals surface area contributed by atoms with Crippen LogP contribution in [0, 0.1) is 6.92 Å². The molecule has 0 aliphatic carbocycles. The average Bonchev–Trinajstić information content (AvgIpc) is 2.89. The SMILES string of the molecule is Cc1c(C(=O)N(CCO)CCO)cnn1-c1ccccc1. The number of aliphatic hydroxyl groups excluding tert-OH is 2. The van der Waals surface area contributed by atoms with Gasteiger partial charge in [0.1, 0.15) is 0 Å². The number of hydrogen-bond acceptors (Lipinski definition) is 4. The second-order valence-electron chi connectivity index (χ2n) is 4.63. The van der Waals surface area contributed by atoms with Crippen molar-refractivity contribution in [3.63, 3.8) is 0 Å². The second-order valence-corrected chi connectivity index (χ2v) is 4.63. The van der Waals surface area contributed by atoms with Gasteiger partial charge in [0, 0.05) is 13.1 Å². The minimum absolute atomic E-state index is 0.141. The Kier molecular flexibility index (Phi) is 5.08. The standard InChI is InChI=1S/C15H19N3O3/c1-12-14(15(21)17(7-9-19)8-10-20)11-16-18(12)13-5-3-2-4-6-13/h2-6,11,19-20H,7-10H2,1H3. The maximum atomic E-state index is 12.4. The van der Waals surface area contributed by atoms with E-state index in [0.717, 1.165) is 11.4 Å². The number of benzene rings is 1. The van der Waals surface area contributed by atoms with E-state index in [-0.39, 0.29) is 32.2 Å². The van der Waals surface area contributed by atoms with Gasteiger partial charge in [0.05, 0.1) is 36.4 Å². The number of aliphatic hydroxyl groups is 2. The molecule has 0 spiro atoms. The van der Waals surface area contributed by atoms with Crippen LogP contribution in [0.15, 0.2) is 36.5 Å². The molecule has 112 valence electrons. The fourth-order valence-corrected chi connectivity index (χ4v) is 2.18. The van der Waals surface area contributed by atoms with E-state index >= 15 is 0 Å². The van der Waals surface area contributed by atoms with Gasteiger partial charge in [-0.1, -0.05) is 18.2 Å². The van der Waals surface area contributed by atoms with E-state index in [1.54, 1.807) is 4.68 Å². The van der Waals surface area contributed by atoms with Gasteiger partial charge in [0.15, 0.2) is 0 Å². The molecule has 2 aromatic rings. The molecule has 6 heteroatoms. The molecule has 0 unspecified atom stereocenters. The molecule has 0 radical (unpaired) electrons. The third-order valence-electron chi connectivity index (χ3n) is 3.27. The predicted molar refractivity (Wildman–Crippen MR) is 78.4 cm³/mol. The Morgan fingerprint density at radius 2 is 1.81 bits per heavy atom. The van der Waals surface area contributed by atoms with E-state index in [1.807, 2.05) is 37.3 Å².